The smallest absolute Gasteiger partial charge is 0.395 e. The minimum atomic E-state index is -0.670. The van der Waals surface area contributed by atoms with E-state index in [-0.39, 0.29) is 11.8 Å². The van der Waals surface area contributed by atoms with Crippen LogP contribution in [0.4, 0.5) is 5.88 Å². The highest BCUT2D eigenvalue weighted by Crippen LogP contribution is 2.16. The van der Waals surface area contributed by atoms with E-state index in [1.807, 2.05) is 19.1 Å². The van der Waals surface area contributed by atoms with E-state index in [9.17, 15) is 14.9 Å². The third-order valence-electron chi connectivity index (χ3n) is 3.15. The van der Waals surface area contributed by atoms with Gasteiger partial charge in [0.05, 0.1) is 6.07 Å². The molecule has 7 heteroatoms. The van der Waals surface area contributed by atoms with Gasteiger partial charge >= 0.3 is 5.88 Å². The summed E-state index contributed by atoms with van der Waals surface area (Å²) in [5.74, 6) is -0.923. The molecule has 2 aromatic rings. The lowest BCUT2D eigenvalue weighted by molar-refractivity contribution is -0.402. The van der Waals surface area contributed by atoms with Crippen LogP contribution >= 0.6 is 22.6 Å². The Kier molecular flexibility index (Phi) is 5.53. The van der Waals surface area contributed by atoms with Gasteiger partial charge in [0.15, 0.2) is 5.76 Å². The van der Waals surface area contributed by atoms with Crippen LogP contribution in [0.2, 0.25) is 0 Å². The maximum absolute atomic E-state index is 11.9. The fraction of sp³-hybridized carbons (Fsp3) is 0.267. The Labute approximate surface area is 141 Å². The lowest BCUT2D eigenvalue weighted by atomic mass is 10.1. The van der Waals surface area contributed by atoms with Gasteiger partial charge in [0, 0.05) is 9.61 Å². The summed E-state index contributed by atoms with van der Waals surface area (Å²) in [6.45, 7) is 1.89. The largest absolute Gasteiger partial charge is 0.433 e. The van der Waals surface area contributed by atoms with E-state index in [2.05, 4.69) is 40.0 Å². The Balaban J connectivity index is 1.85. The molecule has 0 aliphatic heterocycles. The van der Waals surface area contributed by atoms with Crippen molar-refractivity contribution in [2.24, 2.45) is 0 Å². The number of halogens is 1. The normalized spacial score (nSPS) is 11.9. The number of furan rings is 1. The number of nitrogens with zero attached hydrogens (tertiary/aromatic N) is 1. The van der Waals surface area contributed by atoms with Crippen LogP contribution in [0, 0.1) is 13.7 Å². The number of carbonyl (C=O) groups excluding carboxylic acids is 1. The van der Waals surface area contributed by atoms with Gasteiger partial charge in [0.2, 0.25) is 0 Å². The number of hydrogen-bond donors (Lipinski definition) is 1. The molecule has 0 fully saturated rings. The molecule has 1 amide bonds. The lowest BCUT2D eigenvalue weighted by Gasteiger charge is -2.12. The van der Waals surface area contributed by atoms with Gasteiger partial charge in [-0.15, -0.1) is 0 Å². The van der Waals surface area contributed by atoms with Gasteiger partial charge in [0.1, 0.15) is 4.92 Å². The molecule has 0 saturated carbocycles. The molecule has 0 aliphatic rings. The van der Waals surface area contributed by atoms with Crippen molar-refractivity contribution < 1.29 is 14.1 Å². The highest BCUT2D eigenvalue weighted by atomic mass is 127. The third kappa shape index (κ3) is 4.55. The van der Waals surface area contributed by atoms with Crippen molar-refractivity contribution in [3.63, 3.8) is 0 Å². The monoisotopic (exact) mass is 414 g/mol. The van der Waals surface area contributed by atoms with E-state index in [1.54, 1.807) is 0 Å². The zero-order valence-corrected chi connectivity index (χ0v) is 14.1. The number of nitrogens with one attached hydrogen (secondary N) is 1. The Hall–Kier alpha value is -1.90. The molecule has 0 radical (unpaired) electrons. The molecule has 22 heavy (non-hydrogen) atoms. The van der Waals surface area contributed by atoms with Gasteiger partial charge in [-0.25, -0.2) is 0 Å². The van der Waals surface area contributed by atoms with Crippen LogP contribution in [-0.2, 0) is 6.42 Å². The van der Waals surface area contributed by atoms with Gasteiger partial charge < -0.3 is 9.73 Å². The van der Waals surface area contributed by atoms with Crippen LogP contribution in [0.15, 0.2) is 40.8 Å². The van der Waals surface area contributed by atoms with Gasteiger partial charge in [-0.05, 0) is 66.1 Å². The molecule has 0 saturated heterocycles. The fourth-order valence-electron chi connectivity index (χ4n) is 1.95. The minimum Gasteiger partial charge on any atom is -0.395 e. The predicted octanol–water partition coefficient (Wildman–Crippen LogP) is 3.54. The van der Waals surface area contributed by atoms with Gasteiger partial charge in [-0.2, -0.15) is 0 Å². The molecule has 2 rings (SSSR count). The summed E-state index contributed by atoms with van der Waals surface area (Å²) >= 11 is 2.25. The topological polar surface area (TPSA) is 85.4 Å². The predicted molar refractivity (Wildman–Crippen MR) is 89.8 cm³/mol. The second-order valence-electron chi connectivity index (χ2n) is 4.93. The molecule has 1 aromatic carbocycles. The Morgan fingerprint density at radius 3 is 2.59 bits per heavy atom. The second-order valence-corrected chi connectivity index (χ2v) is 6.18. The first-order valence-electron chi connectivity index (χ1n) is 6.75. The number of nitro groups is 1. The minimum absolute atomic E-state index is 0.0483. The molecular formula is C15H15IN2O4. The molecule has 0 bridgehead atoms. The van der Waals surface area contributed by atoms with E-state index in [1.165, 1.54) is 21.3 Å². The summed E-state index contributed by atoms with van der Waals surface area (Å²) in [4.78, 5) is 21.8. The standard InChI is InChI=1S/C15H15IN2O4/c1-10(2-3-11-4-6-12(16)7-5-11)17-15(19)13-8-9-14(22-13)18(20)21/h4-10H,2-3H2,1H3,(H,17,19). The highest BCUT2D eigenvalue weighted by Gasteiger charge is 2.18. The SMILES string of the molecule is CC(CCc1ccc(I)cc1)NC(=O)c1ccc([N+](=O)[O-])o1. The molecule has 1 unspecified atom stereocenters. The highest BCUT2D eigenvalue weighted by molar-refractivity contribution is 14.1. The van der Waals surface area contributed by atoms with Gasteiger partial charge in [-0.3, -0.25) is 14.9 Å². The summed E-state index contributed by atoms with van der Waals surface area (Å²) in [7, 11) is 0. The van der Waals surface area contributed by atoms with Crippen LogP contribution in [0.3, 0.4) is 0 Å². The Morgan fingerprint density at radius 2 is 2.00 bits per heavy atom. The maximum Gasteiger partial charge on any atom is 0.433 e. The van der Waals surface area contributed by atoms with Crippen LogP contribution < -0.4 is 5.32 Å². The molecule has 6 nitrogen and oxygen atoms in total. The molecule has 116 valence electrons. The number of benzene rings is 1. The molecule has 0 aliphatic carbocycles. The van der Waals surface area contributed by atoms with Gasteiger partial charge in [0.25, 0.3) is 5.91 Å². The third-order valence-corrected chi connectivity index (χ3v) is 3.87. The summed E-state index contributed by atoms with van der Waals surface area (Å²) in [6.07, 6.45) is 1.62. The van der Waals surface area contributed by atoms with E-state index in [4.69, 9.17) is 4.42 Å². The number of aryl methyl sites for hydroxylation is 1. The first-order chi connectivity index (χ1) is 10.5. The zero-order chi connectivity index (χ0) is 16.1. The van der Waals surface area contributed by atoms with Crippen LogP contribution in [0.1, 0.15) is 29.5 Å². The van der Waals surface area contributed by atoms with Crippen LogP contribution in [0.25, 0.3) is 0 Å². The summed E-state index contributed by atoms with van der Waals surface area (Å²) in [5, 5.41) is 13.3. The van der Waals surface area contributed by atoms with Crippen molar-refractivity contribution in [2.75, 3.05) is 0 Å². The van der Waals surface area contributed by atoms with Crippen molar-refractivity contribution in [3.05, 3.63) is 61.4 Å². The van der Waals surface area contributed by atoms with E-state index >= 15 is 0 Å². The quantitative estimate of drug-likeness (QED) is 0.445. The van der Waals surface area contributed by atoms with Gasteiger partial charge in [-0.1, -0.05) is 12.1 Å². The molecule has 1 aromatic heterocycles. The van der Waals surface area contributed by atoms with E-state index in [0.29, 0.717) is 0 Å². The molecule has 0 spiro atoms. The first kappa shape index (κ1) is 16.5. The van der Waals surface area contributed by atoms with Crippen LogP contribution in [0.5, 0.6) is 0 Å². The zero-order valence-electron chi connectivity index (χ0n) is 11.9. The number of amides is 1. The summed E-state index contributed by atoms with van der Waals surface area (Å²) < 4.78 is 6.05. The average Bonchev–Trinajstić information content (AvgIpc) is 2.97. The fourth-order valence-corrected chi connectivity index (χ4v) is 2.31. The molecule has 1 heterocycles. The lowest BCUT2D eigenvalue weighted by Crippen LogP contribution is -2.32. The molecular weight excluding hydrogens is 399 g/mol. The summed E-state index contributed by atoms with van der Waals surface area (Å²) in [5.41, 5.74) is 1.20. The van der Waals surface area contributed by atoms with Crippen molar-refractivity contribution in [3.8, 4) is 0 Å². The van der Waals surface area contributed by atoms with E-state index in [0.717, 1.165) is 12.8 Å². The molecule has 1 atom stereocenters. The Bertz CT molecular complexity index is 666. The average molecular weight is 414 g/mol. The molecule has 1 N–H and O–H groups in total. The van der Waals surface area contributed by atoms with E-state index < -0.39 is 16.7 Å². The van der Waals surface area contributed by atoms with Crippen molar-refractivity contribution in [1.29, 1.82) is 0 Å². The van der Waals surface area contributed by atoms with Crippen LogP contribution in [-0.4, -0.2) is 16.9 Å². The van der Waals surface area contributed by atoms with Crippen molar-refractivity contribution >= 4 is 34.4 Å². The first-order valence-corrected chi connectivity index (χ1v) is 7.83. The second kappa shape index (κ2) is 7.39. The van der Waals surface area contributed by atoms with Crippen molar-refractivity contribution in [2.45, 2.75) is 25.8 Å². The number of hydrogen-bond acceptors (Lipinski definition) is 4. The number of rotatable bonds is 6. The summed E-state index contributed by atoms with van der Waals surface area (Å²) in [6, 6.07) is 10.6. The number of carbonyl (C=O) groups is 1. The van der Waals surface area contributed by atoms with Crippen molar-refractivity contribution in [1.82, 2.24) is 5.32 Å². The maximum atomic E-state index is 11.9. The Morgan fingerprint density at radius 1 is 1.32 bits per heavy atom.